The average molecular weight is 168 g/mol. The molecule has 64 valence electrons. The molecule has 0 bridgehead atoms. The number of hydrogen-bond acceptors (Lipinski definition) is 3. The highest BCUT2D eigenvalue weighted by Crippen LogP contribution is 1.95. The van der Waals surface area contributed by atoms with Gasteiger partial charge in [0.25, 0.3) is 5.56 Å². The first kappa shape index (κ1) is 8.45. The second-order valence-corrected chi connectivity index (χ2v) is 2.27. The van der Waals surface area contributed by atoms with Crippen LogP contribution in [0.1, 0.15) is 23.0 Å². The van der Waals surface area contributed by atoms with E-state index in [0.717, 1.165) is 0 Å². The highest BCUT2D eigenvalue weighted by Gasteiger charge is 2.06. The maximum absolute atomic E-state index is 10.9. The lowest BCUT2D eigenvalue weighted by Crippen LogP contribution is -2.16. The van der Waals surface area contributed by atoms with Gasteiger partial charge in [-0.3, -0.25) is 4.79 Å². The standard InChI is InChI=1S/C7H8N2O3/c1-2-4-3-5(7(11)12)8-9-6(4)10/h3H,2H2,1H3,(H,9,10)(H,11,12). The van der Waals surface area contributed by atoms with Gasteiger partial charge in [0.05, 0.1) is 0 Å². The minimum absolute atomic E-state index is 0.133. The lowest BCUT2D eigenvalue weighted by atomic mass is 10.2. The van der Waals surface area contributed by atoms with Crippen molar-refractivity contribution in [1.29, 1.82) is 0 Å². The number of aromatic nitrogens is 2. The Labute approximate surface area is 68.1 Å². The van der Waals surface area contributed by atoms with Crippen molar-refractivity contribution in [2.24, 2.45) is 0 Å². The highest BCUT2D eigenvalue weighted by molar-refractivity contribution is 5.85. The molecule has 0 unspecified atom stereocenters. The van der Waals surface area contributed by atoms with Crippen LogP contribution < -0.4 is 5.56 Å². The summed E-state index contributed by atoms with van der Waals surface area (Å²) in [6, 6.07) is 1.28. The molecular weight excluding hydrogens is 160 g/mol. The molecule has 0 radical (unpaired) electrons. The maximum Gasteiger partial charge on any atom is 0.356 e. The number of nitrogens with zero attached hydrogens (tertiary/aromatic N) is 1. The van der Waals surface area contributed by atoms with Gasteiger partial charge in [0.2, 0.25) is 0 Å². The minimum atomic E-state index is -1.14. The molecule has 1 rings (SSSR count). The van der Waals surface area contributed by atoms with Crippen LogP contribution in [0.25, 0.3) is 0 Å². The number of aryl methyl sites for hydroxylation is 1. The van der Waals surface area contributed by atoms with Crippen molar-refractivity contribution in [1.82, 2.24) is 10.2 Å². The van der Waals surface area contributed by atoms with Gasteiger partial charge >= 0.3 is 5.97 Å². The van der Waals surface area contributed by atoms with E-state index < -0.39 is 5.97 Å². The summed E-state index contributed by atoms with van der Waals surface area (Å²) >= 11 is 0. The van der Waals surface area contributed by atoms with Crippen LogP contribution in [-0.2, 0) is 6.42 Å². The molecule has 1 aromatic rings. The summed E-state index contributed by atoms with van der Waals surface area (Å²) in [6.45, 7) is 1.77. The van der Waals surface area contributed by atoms with Gasteiger partial charge in [0.1, 0.15) is 0 Å². The summed E-state index contributed by atoms with van der Waals surface area (Å²) in [7, 11) is 0. The molecule has 0 saturated heterocycles. The molecular formula is C7H8N2O3. The molecule has 0 spiro atoms. The second kappa shape index (κ2) is 3.17. The quantitative estimate of drug-likeness (QED) is 0.652. The normalized spacial score (nSPS) is 9.75. The Hall–Kier alpha value is -1.65. The smallest absolute Gasteiger partial charge is 0.356 e. The number of nitrogens with one attached hydrogen (secondary N) is 1. The van der Waals surface area contributed by atoms with E-state index in [1.165, 1.54) is 6.07 Å². The number of rotatable bonds is 2. The molecule has 5 nitrogen and oxygen atoms in total. The van der Waals surface area contributed by atoms with Crippen LogP contribution >= 0.6 is 0 Å². The van der Waals surface area contributed by atoms with Gasteiger partial charge in [-0.25, -0.2) is 9.89 Å². The molecule has 0 aliphatic heterocycles. The third-order valence-electron chi connectivity index (χ3n) is 1.48. The van der Waals surface area contributed by atoms with Crippen molar-refractivity contribution < 1.29 is 9.90 Å². The summed E-state index contributed by atoms with van der Waals surface area (Å²) in [5, 5.41) is 14.0. The molecule has 12 heavy (non-hydrogen) atoms. The first-order chi connectivity index (χ1) is 5.65. The zero-order valence-corrected chi connectivity index (χ0v) is 6.50. The second-order valence-electron chi connectivity index (χ2n) is 2.27. The summed E-state index contributed by atoms with van der Waals surface area (Å²) in [4.78, 5) is 21.3. The Morgan fingerprint density at radius 1 is 1.75 bits per heavy atom. The minimum Gasteiger partial charge on any atom is -0.476 e. The van der Waals surface area contributed by atoms with Crippen molar-refractivity contribution in [2.75, 3.05) is 0 Å². The largest absolute Gasteiger partial charge is 0.476 e. The molecule has 0 atom stereocenters. The average Bonchev–Trinajstić information content (AvgIpc) is 2.05. The molecule has 0 aromatic carbocycles. The Morgan fingerprint density at radius 3 is 2.92 bits per heavy atom. The van der Waals surface area contributed by atoms with E-state index >= 15 is 0 Å². The number of carbonyl (C=O) groups is 1. The Balaban J connectivity index is 3.23. The monoisotopic (exact) mass is 168 g/mol. The molecule has 0 amide bonds. The fraction of sp³-hybridized carbons (Fsp3) is 0.286. The Kier molecular flexibility index (Phi) is 2.23. The van der Waals surface area contributed by atoms with Crippen molar-refractivity contribution in [3.8, 4) is 0 Å². The van der Waals surface area contributed by atoms with Crippen LogP contribution in [0.15, 0.2) is 10.9 Å². The number of H-pyrrole nitrogens is 1. The molecule has 0 aliphatic carbocycles. The van der Waals surface area contributed by atoms with Crippen LogP contribution in [0.3, 0.4) is 0 Å². The van der Waals surface area contributed by atoms with E-state index in [2.05, 4.69) is 10.2 Å². The molecule has 0 fully saturated rings. The van der Waals surface area contributed by atoms with E-state index in [1.807, 2.05) is 0 Å². The van der Waals surface area contributed by atoms with Crippen molar-refractivity contribution in [3.63, 3.8) is 0 Å². The van der Waals surface area contributed by atoms with Crippen molar-refractivity contribution in [3.05, 3.63) is 27.7 Å². The van der Waals surface area contributed by atoms with Crippen LogP contribution in [0.2, 0.25) is 0 Å². The molecule has 5 heteroatoms. The van der Waals surface area contributed by atoms with E-state index in [-0.39, 0.29) is 11.3 Å². The van der Waals surface area contributed by atoms with Crippen molar-refractivity contribution in [2.45, 2.75) is 13.3 Å². The van der Waals surface area contributed by atoms with Crippen LogP contribution in [0.5, 0.6) is 0 Å². The first-order valence-corrected chi connectivity index (χ1v) is 3.47. The van der Waals surface area contributed by atoms with E-state index in [0.29, 0.717) is 12.0 Å². The number of aromatic amines is 1. The lowest BCUT2D eigenvalue weighted by molar-refractivity contribution is 0.0689. The van der Waals surface area contributed by atoms with E-state index in [4.69, 9.17) is 5.11 Å². The molecule has 1 heterocycles. The van der Waals surface area contributed by atoms with Gasteiger partial charge in [0, 0.05) is 5.56 Å². The van der Waals surface area contributed by atoms with Gasteiger partial charge in [-0.1, -0.05) is 6.92 Å². The van der Waals surface area contributed by atoms with Crippen LogP contribution in [0, 0.1) is 0 Å². The third kappa shape index (κ3) is 1.50. The number of aromatic carboxylic acids is 1. The maximum atomic E-state index is 10.9. The third-order valence-corrected chi connectivity index (χ3v) is 1.48. The zero-order valence-electron chi connectivity index (χ0n) is 6.50. The number of carboxylic acids is 1. The fourth-order valence-electron chi connectivity index (χ4n) is 0.818. The number of carboxylic acid groups (broad SMARTS) is 1. The lowest BCUT2D eigenvalue weighted by Gasteiger charge is -1.95. The van der Waals surface area contributed by atoms with Gasteiger partial charge in [-0.15, -0.1) is 0 Å². The Bertz CT molecular complexity index is 356. The summed E-state index contributed by atoms with van der Waals surface area (Å²) < 4.78 is 0. The highest BCUT2D eigenvalue weighted by atomic mass is 16.4. The van der Waals surface area contributed by atoms with Gasteiger partial charge < -0.3 is 5.11 Å². The SMILES string of the molecule is CCc1cc(C(=O)O)n[nH]c1=O. The van der Waals surface area contributed by atoms with Crippen molar-refractivity contribution >= 4 is 5.97 Å². The zero-order chi connectivity index (χ0) is 9.14. The molecule has 0 saturated carbocycles. The van der Waals surface area contributed by atoms with Crippen LogP contribution in [-0.4, -0.2) is 21.3 Å². The topological polar surface area (TPSA) is 83.0 Å². The predicted molar refractivity (Wildman–Crippen MR) is 41.2 cm³/mol. The number of hydrogen-bond donors (Lipinski definition) is 2. The first-order valence-electron chi connectivity index (χ1n) is 3.47. The van der Waals surface area contributed by atoms with Gasteiger partial charge in [-0.2, -0.15) is 5.10 Å². The predicted octanol–water partition coefficient (Wildman–Crippen LogP) is 0.0305. The van der Waals surface area contributed by atoms with E-state index in [1.54, 1.807) is 6.92 Å². The molecule has 2 N–H and O–H groups in total. The molecule has 1 aromatic heterocycles. The van der Waals surface area contributed by atoms with Gasteiger partial charge in [0.15, 0.2) is 5.69 Å². The Morgan fingerprint density at radius 2 is 2.42 bits per heavy atom. The van der Waals surface area contributed by atoms with Gasteiger partial charge in [-0.05, 0) is 12.5 Å². The summed E-state index contributed by atoms with van der Waals surface area (Å²) in [5.41, 5.74) is -0.0312. The summed E-state index contributed by atoms with van der Waals surface area (Å²) in [6.07, 6.45) is 0.498. The fourth-order valence-corrected chi connectivity index (χ4v) is 0.818. The summed E-state index contributed by atoms with van der Waals surface area (Å²) in [5.74, 6) is -1.14. The molecule has 0 aliphatic rings. The van der Waals surface area contributed by atoms with E-state index in [9.17, 15) is 9.59 Å². The van der Waals surface area contributed by atoms with Crippen LogP contribution in [0.4, 0.5) is 0 Å².